The molecule has 0 saturated heterocycles. The number of aromatic nitrogens is 3. The number of fused-ring (bicyclic) bond motifs is 1. The second-order valence-electron chi connectivity index (χ2n) is 18.9. The molecule has 1 N–H and O–H groups in total. The molecule has 0 aliphatic rings. The fraction of sp³-hybridized carbons (Fsp3) is 0.226. The standard InChI is InChI=1S/C62H61N3O/c1-38(2)46-33-52(40(5)6)60(66)55(34-46)61-64-59-50(47-30-48(32-49(31-47)62(8,9)10)56-35-45(28-29-63-56)42-26-24-41(7)25-27-42)22-17-23-57(59)65(61)58-37-53(43-18-13-11-14-19-43)51(39(3)4)36-54(58)44-20-15-12-16-21-44/h11-40,66H,1-10H3/i7D3,24D,25D,26D,27D,28D,29D,35D,39D. The molecule has 66 heavy (non-hydrogen) atoms. The van der Waals surface area contributed by atoms with Gasteiger partial charge in [-0.15, -0.1) is 0 Å². The van der Waals surface area contributed by atoms with E-state index in [1.54, 1.807) is 0 Å². The highest BCUT2D eigenvalue weighted by molar-refractivity contribution is 5.98. The minimum absolute atomic E-state index is 0.0380. The maximum atomic E-state index is 12.5. The van der Waals surface area contributed by atoms with Crippen molar-refractivity contribution < 1.29 is 20.2 Å². The Balaban J connectivity index is 1.40. The molecule has 330 valence electrons. The van der Waals surface area contributed by atoms with Gasteiger partial charge in [-0.1, -0.05) is 177 Å². The molecule has 0 bridgehead atoms. The van der Waals surface area contributed by atoms with Crippen molar-refractivity contribution in [2.45, 2.75) is 92.3 Å². The molecule has 9 aromatic rings. The highest BCUT2D eigenvalue weighted by Gasteiger charge is 2.27. The van der Waals surface area contributed by atoms with Gasteiger partial charge in [0, 0.05) is 28.3 Å². The van der Waals surface area contributed by atoms with Crippen molar-refractivity contribution in [2.24, 2.45) is 0 Å². The van der Waals surface area contributed by atoms with Crippen molar-refractivity contribution in [3.8, 4) is 78.6 Å². The Morgan fingerprint density at radius 1 is 0.606 bits per heavy atom. The lowest BCUT2D eigenvalue weighted by molar-refractivity contribution is 0.466. The van der Waals surface area contributed by atoms with Crippen molar-refractivity contribution in [2.75, 3.05) is 0 Å². The molecule has 4 nitrogen and oxygen atoms in total. The Morgan fingerprint density at radius 3 is 1.92 bits per heavy atom. The molecule has 2 heterocycles. The molecular weight excluding hydrogens is 803 g/mol. The zero-order valence-corrected chi connectivity index (χ0v) is 39.0. The molecule has 0 atom stereocenters. The van der Waals surface area contributed by atoms with Crippen LogP contribution in [-0.2, 0) is 5.41 Å². The summed E-state index contributed by atoms with van der Waals surface area (Å²) in [5.41, 5.74) is 9.07. The fourth-order valence-electron chi connectivity index (χ4n) is 8.64. The fourth-order valence-corrected chi connectivity index (χ4v) is 8.64. The molecule has 0 radical (unpaired) electrons. The van der Waals surface area contributed by atoms with Crippen molar-refractivity contribution >= 4 is 11.0 Å². The van der Waals surface area contributed by atoms with Crippen LogP contribution < -0.4 is 0 Å². The molecule has 7 aromatic carbocycles. The maximum Gasteiger partial charge on any atom is 0.149 e. The van der Waals surface area contributed by atoms with Gasteiger partial charge in [0.2, 0.25) is 0 Å². The van der Waals surface area contributed by atoms with E-state index in [0.717, 1.165) is 50.2 Å². The second kappa shape index (κ2) is 17.7. The van der Waals surface area contributed by atoms with Gasteiger partial charge in [-0.3, -0.25) is 9.55 Å². The molecule has 0 amide bonds. The van der Waals surface area contributed by atoms with E-state index < -0.39 is 71.7 Å². The van der Waals surface area contributed by atoms with E-state index in [-0.39, 0.29) is 28.8 Å². The summed E-state index contributed by atoms with van der Waals surface area (Å²) in [5, 5.41) is 12.5. The minimum Gasteiger partial charge on any atom is -0.507 e. The van der Waals surface area contributed by atoms with Gasteiger partial charge < -0.3 is 5.11 Å². The van der Waals surface area contributed by atoms with E-state index in [1.807, 2.05) is 138 Å². The third-order valence-corrected chi connectivity index (χ3v) is 12.3. The Kier molecular flexibility index (Phi) is 8.76. The first kappa shape index (κ1) is 32.6. The van der Waals surface area contributed by atoms with E-state index in [2.05, 4.69) is 55.4 Å². The Hall–Kier alpha value is -7.04. The van der Waals surface area contributed by atoms with Crippen LogP contribution in [0.25, 0.3) is 83.9 Å². The van der Waals surface area contributed by atoms with Gasteiger partial charge in [-0.05, 0) is 134 Å². The molecule has 0 unspecified atom stereocenters. The van der Waals surface area contributed by atoms with E-state index in [9.17, 15) is 7.85 Å². The van der Waals surface area contributed by atoms with Gasteiger partial charge >= 0.3 is 0 Å². The number of pyridine rings is 1. The first-order chi connectivity index (χ1) is 36.1. The zero-order valence-electron chi connectivity index (χ0n) is 50.0. The van der Waals surface area contributed by atoms with E-state index in [0.29, 0.717) is 39.1 Å². The van der Waals surface area contributed by atoms with Gasteiger partial charge in [0.1, 0.15) is 11.6 Å². The van der Waals surface area contributed by atoms with E-state index in [1.165, 1.54) is 0 Å². The molecule has 2 aromatic heterocycles. The number of imidazole rings is 1. The van der Waals surface area contributed by atoms with Crippen LogP contribution in [0.5, 0.6) is 5.75 Å². The molecule has 0 saturated carbocycles. The summed E-state index contributed by atoms with van der Waals surface area (Å²) in [6.07, 6.45) is -0.580. The van der Waals surface area contributed by atoms with Crippen LogP contribution in [0.2, 0.25) is 0 Å². The molecule has 0 spiro atoms. The minimum atomic E-state index is -2.98. The molecule has 4 heteroatoms. The number of hydrogen-bond acceptors (Lipinski definition) is 3. The van der Waals surface area contributed by atoms with Gasteiger partial charge in [0.15, 0.2) is 0 Å². The van der Waals surface area contributed by atoms with Crippen molar-refractivity contribution in [1.82, 2.24) is 14.5 Å². The summed E-state index contributed by atoms with van der Waals surface area (Å²) in [7, 11) is 0. The van der Waals surface area contributed by atoms with E-state index in [4.69, 9.17) is 17.3 Å². The largest absolute Gasteiger partial charge is 0.507 e. The summed E-state index contributed by atoms with van der Waals surface area (Å²) in [6, 6.07) is 35.9. The lowest BCUT2D eigenvalue weighted by Gasteiger charge is -2.23. The Bertz CT molecular complexity index is 3770. The number of nitrogens with zero attached hydrogens (tertiary/aromatic N) is 3. The summed E-state index contributed by atoms with van der Waals surface area (Å²) < 4.78 is 98.2. The molecule has 9 rings (SSSR count). The molecule has 0 fully saturated rings. The van der Waals surface area contributed by atoms with Gasteiger partial charge in [-0.25, -0.2) is 4.98 Å². The quantitative estimate of drug-likeness (QED) is 0.149. The number of rotatable bonds is 10. The van der Waals surface area contributed by atoms with Crippen molar-refractivity contribution in [1.29, 1.82) is 0 Å². The average Bonchev–Trinajstić information content (AvgIpc) is 3.78. The normalized spacial score (nSPS) is 14.7. The number of para-hydroxylation sites is 1. The Labute approximate surface area is 407 Å². The number of phenols is 1. The van der Waals surface area contributed by atoms with Crippen LogP contribution in [0.1, 0.15) is 123 Å². The highest BCUT2D eigenvalue weighted by Crippen LogP contribution is 2.46. The molecule has 0 aliphatic heterocycles. The highest BCUT2D eigenvalue weighted by atomic mass is 16.3. The summed E-state index contributed by atoms with van der Waals surface area (Å²) in [4.78, 5) is 10.1. The maximum absolute atomic E-state index is 12.5. The predicted molar refractivity (Wildman–Crippen MR) is 279 cm³/mol. The summed E-state index contributed by atoms with van der Waals surface area (Å²) in [6.45, 7) is 15.3. The topological polar surface area (TPSA) is 50.9 Å². The van der Waals surface area contributed by atoms with Gasteiger partial charge in [0.25, 0.3) is 0 Å². The van der Waals surface area contributed by atoms with Crippen LogP contribution in [0, 0.1) is 6.85 Å². The van der Waals surface area contributed by atoms with E-state index >= 15 is 0 Å². The number of benzene rings is 7. The SMILES string of the molecule is [2H]c1nc(-c2cc(-c3cccc4c3nc(-c3cc(C(C)C)cc(C(C)C)c3O)n4-c3cc(-c4ccccc4)c(C([2H])(C)C)cc3-c3ccccc3)cc(C(C)(C)C)c2)c([2H])c(-c2c([2H])c([2H])c(C([2H])([2H])[2H])c([2H])c2[2H])c1[2H]. The van der Waals surface area contributed by atoms with Crippen LogP contribution >= 0.6 is 0 Å². The van der Waals surface area contributed by atoms with Crippen LogP contribution in [0.15, 0.2) is 164 Å². The lowest BCUT2D eigenvalue weighted by atomic mass is 9.83. The van der Waals surface area contributed by atoms with Gasteiger partial charge in [0.05, 0.1) is 37.6 Å². The third kappa shape index (κ3) is 8.49. The summed E-state index contributed by atoms with van der Waals surface area (Å²) in [5.74, 6) is -0.372. The third-order valence-electron chi connectivity index (χ3n) is 12.3. The first-order valence-electron chi connectivity index (χ1n) is 28.0. The second-order valence-corrected chi connectivity index (χ2v) is 18.9. The number of phenolic OH excluding ortho intramolecular Hbond substituents is 1. The first-order valence-corrected chi connectivity index (χ1v) is 22.5. The Morgan fingerprint density at radius 2 is 1.29 bits per heavy atom. The lowest BCUT2D eigenvalue weighted by Crippen LogP contribution is -2.11. The average molecular weight is 875 g/mol. The van der Waals surface area contributed by atoms with Crippen molar-refractivity contribution in [3.63, 3.8) is 0 Å². The molecular formula is C62H61N3O. The number of hydrogen-bond donors (Lipinski definition) is 1. The van der Waals surface area contributed by atoms with Gasteiger partial charge in [-0.2, -0.15) is 0 Å². The van der Waals surface area contributed by atoms with Crippen LogP contribution in [0.4, 0.5) is 0 Å². The van der Waals surface area contributed by atoms with Crippen LogP contribution in [0.3, 0.4) is 0 Å². The van der Waals surface area contributed by atoms with Crippen molar-refractivity contribution in [3.05, 3.63) is 192 Å². The number of aromatic hydroxyl groups is 1. The predicted octanol–water partition coefficient (Wildman–Crippen LogP) is 17.1. The monoisotopic (exact) mass is 875 g/mol. The molecule has 0 aliphatic carbocycles. The summed E-state index contributed by atoms with van der Waals surface area (Å²) >= 11 is 0. The smallest absolute Gasteiger partial charge is 0.149 e. The van der Waals surface area contributed by atoms with Crippen LogP contribution in [-0.4, -0.2) is 19.6 Å². The zero-order chi connectivity index (χ0) is 56.0.